The van der Waals surface area contributed by atoms with E-state index in [-0.39, 0.29) is 0 Å². The van der Waals surface area contributed by atoms with Crippen LogP contribution in [0.5, 0.6) is 0 Å². The van der Waals surface area contributed by atoms with Gasteiger partial charge in [0.1, 0.15) is 18.2 Å². The number of hydrogen-bond donors (Lipinski definition) is 2. The van der Waals surface area contributed by atoms with Crippen LogP contribution in [-0.2, 0) is 11.3 Å². The summed E-state index contributed by atoms with van der Waals surface area (Å²) in [6, 6.07) is 1.97. The minimum Gasteiger partial charge on any atom is -0.377 e. The molecule has 5 nitrogen and oxygen atoms in total. The lowest BCUT2D eigenvalue weighted by molar-refractivity contribution is 0.178. The van der Waals surface area contributed by atoms with Crippen LogP contribution in [0.1, 0.15) is 51.3 Å². The smallest absolute Gasteiger partial charge is 0.158 e. The molecule has 0 unspecified atom stereocenters. The summed E-state index contributed by atoms with van der Waals surface area (Å²) >= 11 is 0. The van der Waals surface area contributed by atoms with Crippen LogP contribution in [0.4, 0.5) is 11.6 Å². The molecule has 1 aliphatic carbocycles. The molecule has 0 saturated heterocycles. The monoisotopic (exact) mass is 292 g/mol. The Kier molecular flexibility index (Phi) is 6.73. The largest absolute Gasteiger partial charge is 0.377 e. The van der Waals surface area contributed by atoms with E-state index in [4.69, 9.17) is 4.74 Å². The highest BCUT2D eigenvalue weighted by Crippen LogP contribution is 2.28. The second kappa shape index (κ2) is 8.82. The predicted octanol–water partition coefficient (Wildman–Crippen LogP) is 3.44. The third-order valence-electron chi connectivity index (χ3n) is 3.97. The molecule has 5 heteroatoms. The van der Waals surface area contributed by atoms with Crippen molar-refractivity contribution in [3.63, 3.8) is 0 Å². The van der Waals surface area contributed by atoms with Gasteiger partial charge in [-0.25, -0.2) is 9.97 Å². The van der Waals surface area contributed by atoms with Crippen molar-refractivity contribution < 1.29 is 4.74 Å². The molecule has 1 aromatic rings. The van der Waals surface area contributed by atoms with Crippen LogP contribution in [0, 0.1) is 5.92 Å². The molecule has 1 aliphatic rings. The summed E-state index contributed by atoms with van der Waals surface area (Å²) in [5, 5.41) is 6.65. The lowest BCUT2D eigenvalue weighted by Gasteiger charge is -2.12. The fraction of sp³-hybridized carbons (Fsp3) is 0.750. The second-order valence-corrected chi connectivity index (χ2v) is 5.74. The average molecular weight is 292 g/mol. The van der Waals surface area contributed by atoms with E-state index in [1.54, 1.807) is 7.11 Å². The van der Waals surface area contributed by atoms with Crippen LogP contribution in [-0.4, -0.2) is 30.2 Å². The van der Waals surface area contributed by atoms with Crippen molar-refractivity contribution in [2.24, 2.45) is 5.92 Å². The zero-order valence-electron chi connectivity index (χ0n) is 13.3. The van der Waals surface area contributed by atoms with Gasteiger partial charge in [0.25, 0.3) is 0 Å². The molecule has 0 amide bonds. The van der Waals surface area contributed by atoms with E-state index in [2.05, 4.69) is 27.5 Å². The molecule has 21 heavy (non-hydrogen) atoms. The minimum absolute atomic E-state index is 0.440. The van der Waals surface area contributed by atoms with E-state index < -0.39 is 0 Å². The summed E-state index contributed by atoms with van der Waals surface area (Å²) < 4.78 is 5.13. The summed E-state index contributed by atoms with van der Waals surface area (Å²) in [5.74, 6) is 3.42. The van der Waals surface area contributed by atoms with Crippen molar-refractivity contribution >= 4 is 11.6 Å². The fourth-order valence-electron chi connectivity index (χ4n) is 2.96. The van der Waals surface area contributed by atoms with Crippen molar-refractivity contribution in [1.82, 2.24) is 9.97 Å². The first-order valence-corrected chi connectivity index (χ1v) is 8.16. The fourth-order valence-corrected chi connectivity index (χ4v) is 2.96. The van der Waals surface area contributed by atoms with E-state index in [1.807, 2.05) is 6.07 Å². The molecule has 118 valence electrons. The summed E-state index contributed by atoms with van der Waals surface area (Å²) in [6.07, 6.45) is 8.26. The number of aromatic nitrogens is 2. The molecule has 1 heterocycles. The second-order valence-electron chi connectivity index (χ2n) is 5.74. The third-order valence-corrected chi connectivity index (χ3v) is 3.97. The zero-order valence-corrected chi connectivity index (χ0v) is 13.3. The Labute approximate surface area is 127 Å². The molecule has 1 aromatic heterocycles. The quantitative estimate of drug-likeness (QED) is 0.683. The normalized spacial score (nSPS) is 15.3. The van der Waals surface area contributed by atoms with Gasteiger partial charge in [0.15, 0.2) is 5.82 Å². The van der Waals surface area contributed by atoms with Gasteiger partial charge in [0.05, 0.1) is 0 Å². The number of hydrogen-bond acceptors (Lipinski definition) is 5. The number of nitrogens with zero attached hydrogens (tertiary/aromatic N) is 2. The lowest BCUT2D eigenvalue weighted by Crippen LogP contribution is -2.10. The Bertz CT molecular complexity index is 394. The van der Waals surface area contributed by atoms with Gasteiger partial charge >= 0.3 is 0 Å². The van der Waals surface area contributed by atoms with Gasteiger partial charge < -0.3 is 15.4 Å². The maximum atomic E-state index is 5.13. The Balaban J connectivity index is 1.82. The van der Waals surface area contributed by atoms with E-state index in [1.165, 1.54) is 38.5 Å². The first-order chi connectivity index (χ1) is 10.3. The highest BCUT2D eigenvalue weighted by Gasteiger charge is 2.14. The topological polar surface area (TPSA) is 59.1 Å². The minimum atomic E-state index is 0.440. The van der Waals surface area contributed by atoms with Gasteiger partial charge in [-0.2, -0.15) is 0 Å². The predicted molar refractivity (Wildman–Crippen MR) is 86.6 cm³/mol. The summed E-state index contributed by atoms with van der Waals surface area (Å²) in [7, 11) is 1.66. The maximum Gasteiger partial charge on any atom is 0.158 e. The molecule has 0 radical (unpaired) electrons. The zero-order chi connectivity index (χ0) is 14.9. The van der Waals surface area contributed by atoms with Crippen LogP contribution in [0.3, 0.4) is 0 Å². The van der Waals surface area contributed by atoms with Gasteiger partial charge in [-0.05, 0) is 25.7 Å². The van der Waals surface area contributed by atoms with Gasteiger partial charge in [-0.1, -0.05) is 25.7 Å². The molecular weight excluding hydrogens is 264 g/mol. The highest BCUT2D eigenvalue weighted by atomic mass is 16.5. The maximum absolute atomic E-state index is 5.13. The molecular formula is C16H28N4O. The molecule has 0 aliphatic heterocycles. The summed E-state index contributed by atoms with van der Waals surface area (Å²) in [5.41, 5.74) is 0. The van der Waals surface area contributed by atoms with Crippen LogP contribution in [0.25, 0.3) is 0 Å². The van der Waals surface area contributed by atoms with Crippen molar-refractivity contribution in [3.8, 4) is 0 Å². The van der Waals surface area contributed by atoms with E-state index in [9.17, 15) is 0 Å². The SMILES string of the molecule is CCNc1cc(NCCCC2CCCC2)nc(COC)n1. The Morgan fingerprint density at radius 3 is 2.57 bits per heavy atom. The average Bonchev–Trinajstić information content (AvgIpc) is 2.97. The molecule has 1 saturated carbocycles. The number of nitrogens with one attached hydrogen (secondary N) is 2. The van der Waals surface area contributed by atoms with Gasteiger partial charge in [0.2, 0.25) is 0 Å². The molecule has 2 N–H and O–H groups in total. The number of rotatable bonds is 9. The van der Waals surface area contributed by atoms with Crippen LogP contribution in [0.15, 0.2) is 6.07 Å². The molecule has 0 atom stereocenters. The Morgan fingerprint density at radius 1 is 1.19 bits per heavy atom. The van der Waals surface area contributed by atoms with Gasteiger partial charge in [-0.15, -0.1) is 0 Å². The molecule has 1 fully saturated rings. The van der Waals surface area contributed by atoms with Crippen molar-refractivity contribution in [1.29, 1.82) is 0 Å². The van der Waals surface area contributed by atoms with Crippen LogP contribution >= 0.6 is 0 Å². The van der Waals surface area contributed by atoms with Crippen molar-refractivity contribution in [2.45, 2.75) is 52.1 Å². The molecule has 0 spiro atoms. The standard InChI is InChI=1S/C16H28N4O/c1-3-17-14-11-15(20-16(19-14)12-21-2)18-10-6-9-13-7-4-5-8-13/h11,13H,3-10,12H2,1-2H3,(H2,17,18,19,20). The van der Waals surface area contributed by atoms with E-state index in [0.717, 1.165) is 30.6 Å². The molecule has 2 rings (SSSR count). The van der Waals surface area contributed by atoms with Crippen molar-refractivity contribution in [2.75, 3.05) is 30.8 Å². The van der Waals surface area contributed by atoms with Crippen molar-refractivity contribution in [3.05, 3.63) is 11.9 Å². The number of methoxy groups -OCH3 is 1. The molecule has 0 bridgehead atoms. The summed E-state index contributed by atoms with van der Waals surface area (Å²) in [6.45, 7) is 4.33. The van der Waals surface area contributed by atoms with Crippen LogP contribution in [0.2, 0.25) is 0 Å². The number of ether oxygens (including phenoxy) is 1. The Hall–Kier alpha value is -1.36. The third kappa shape index (κ3) is 5.50. The number of anilines is 2. The molecule has 0 aromatic carbocycles. The lowest BCUT2D eigenvalue weighted by atomic mass is 10.0. The van der Waals surface area contributed by atoms with Gasteiger partial charge in [0, 0.05) is 26.3 Å². The van der Waals surface area contributed by atoms with Crippen LogP contribution < -0.4 is 10.6 Å². The summed E-state index contributed by atoms with van der Waals surface area (Å²) in [4.78, 5) is 8.90. The first kappa shape index (κ1) is 16.0. The van der Waals surface area contributed by atoms with E-state index in [0.29, 0.717) is 12.4 Å². The van der Waals surface area contributed by atoms with Gasteiger partial charge in [-0.3, -0.25) is 0 Å². The highest BCUT2D eigenvalue weighted by molar-refractivity contribution is 5.47. The first-order valence-electron chi connectivity index (χ1n) is 8.16. The van der Waals surface area contributed by atoms with E-state index >= 15 is 0 Å². The Morgan fingerprint density at radius 2 is 1.90 bits per heavy atom.